The lowest BCUT2D eigenvalue weighted by atomic mass is 9.98. The molecule has 3 aliphatic rings. The fraction of sp³-hybridized carbons (Fsp3) is 0.571. The van der Waals surface area contributed by atoms with Crippen molar-refractivity contribution in [2.24, 2.45) is 0 Å². The smallest absolute Gasteiger partial charge is 0.239 e. The Hall–Kier alpha value is -4.11. The Kier molecular flexibility index (Phi) is 12.7. The van der Waals surface area contributed by atoms with Crippen molar-refractivity contribution < 1.29 is 104 Å². The zero-order valence-electron chi connectivity index (χ0n) is 30.3. The first kappa shape index (κ1) is 42.5. The minimum atomic E-state index is -2.06. The predicted octanol–water partition coefficient (Wildman–Crippen LogP) is -3.90. The van der Waals surface area contributed by atoms with Gasteiger partial charge >= 0.3 is 0 Å². The van der Waals surface area contributed by atoms with Crippen LogP contribution in [0.15, 0.2) is 33.5 Å². The molecule has 0 aliphatic carbocycles. The lowest BCUT2D eigenvalue weighted by Gasteiger charge is -2.42. The predicted molar refractivity (Wildman–Crippen MR) is 184 cm³/mol. The van der Waals surface area contributed by atoms with Crippen molar-refractivity contribution in [3.63, 3.8) is 0 Å². The van der Waals surface area contributed by atoms with Crippen molar-refractivity contribution >= 4 is 11.0 Å². The Bertz CT molecular complexity index is 1910. The Morgan fingerprint density at radius 3 is 1.79 bits per heavy atom. The van der Waals surface area contributed by atoms with Crippen molar-refractivity contribution in [1.82, 2.24) is 0 Å². The molecule has 15 atom stereocenters. The van der Waals surface area contributed by atoms with E-state index in [1.54, 1.807) is 0 Å². The topological polar surface area (TPSA) is 347 Å². The molecule has 12 N–H and O–H groups in total. The Morgan fingerprint density at radius 2 is 1.19 bits per heavy atom. The number of fused-ring (bicyclic) bond motifs is 1. The van der Waals surface area contributed by atoms with Crippen LogP contribution in [0, 0.1) is 0 Å². The molecule has 4 heterocycles. The maximum Gasteiger partial charge on any atom is 0.239 e. The molecule has 0 radical (unpaired) electrons. The quantitative estimate of drug-likeness (QED) is 0.0880. The number of ether oxygens (including phenoxy) is 8. The van der Waals surface area contributed by atoms with Crippen LogP contribution in [-0.4, -0.2) is 181 Å². The summed E-state index contributed by atoms with van der Waals surface area (Å²) < 4.78 is 50.1. The van der Waals surface area contributed by atoms with Crippen LogP contribution in [0.2, 0.25) is 0 Å². The summed E-state index contributed by atoms with van der Waals surface area (Å²) in [7, 11) is 2.43. The van der Waals surface area contributed by atoms with Crippen molar-refractivity contribution in [3.05, 3.63) is 34.5 Å². The molecule has 316 valence electrons. The fourth-order valence-corrected chi connectivity index (χ4v) is 6.55. The molecule has 22 nitrogen and oxygen atoms in total. The van der Waals surface area contributed by atoms with Crippen LogP contribution in [0.1, 0.15) is 6.92 Å². The maximum atomic E-state index is 14.3. The van der Waals surface area contributed by atoms with Crippen LogP contribution < -0.4 is 24.4 Å². The number of hydrogen-bond donors (Lipinski definition) is 12. The van der Waals surface area contributed by atoms with Crippen LogP contribution in [-0.2, 0) is 18.9 Å². The molecule has 22 heteroatoms. The molecule has 1 aromatic heterocycles. The average Bonchev–Trinajstić information content (AvgIpc) is 3.19. The third-order valence-electron chi connectivity index (χ3n) is 9.88. The number of methoxy groups -OCH3 is 2. The molecule has 0 amide bonds. The van der Waals surface area contributed by atoms with Crippen LogP contribution in [0.5, 0.6) is 34.5 Å². The van der Waals surface area contributed by atoms with E-state index in [2.05, 4.69) is 0 Å². The van der Waals surface area contributed by atoms with Gasteiger partial charge in [-0.25, -0.2) is 0 Å². The minimum Gasteiger partial charge on any atom is -0.507 e. The molecule has 57 heavy (non-hydrogen) atoms. The van der Waals surface area contributed by atoms with E-state index >= 15 is 0 Å². The number of aliphatic hydroxyl groups excluding tert-OH is 10. The Balaban J connectivity index is 1.38. The van der Waals surface area contributed by atoms with Crippen molar-refractivity contribution in [2.45, 2.75) is 99.0 Å². The first-order valence-electron chi connectivity index (χ1n) is 17.4. The summed E-state index contributed by atoms with van der Waals surface area (Å²) in [6, 6.07) is 4.41. The van der Waals surface area contributed by atoms with E-state index in [4.69, 9.17) is 42.3 Å². The highest BCUT2D eigenvalue weighted by atomic mass is 16.7. The van der Waals surface area contributed by atoms with E-state index in [1.807, 2.05) is 0 Å². The van der Waals surface area contributed by atoms with Gasteiger partial charge in [-0.2, -0.15) is 0 Å². The summed E-state index contributed by atoms with van der Waals surface area (Å²) in [4.78, 5) is 14.3. The number of aromatic hydroxyl groups is 2. The summed E-state index contributed by atoms with van der Waals surface area (Å²) in [5.74, 6) is -3.14. The highest BCUT2D eigenvalue weighted by molar-refractivity contribution is 5.88. The lowest BCUT2D eigenvalue weighted by molar-refractivity contribution is -0.318. The Morgan fingerprint density at radius 1 is 0.649 bits per heavy atom. The van der Waals surface area contributed by atoms with Gasteiger partial charge in [0.2, 0.25) is 29.5 Å². The van der Waals surface area contributed by atoms with Gasteiger partial charge in [0.1, 0.15) is 89.6 Å². The van der Waals surface area contributed by atoms with Gasteiger partial charge in [0.15, 0.2) is 23.5 Å². The van der Waals surface area contributed by atoms with E-state index in [0.29, 0.717) is 0 Å². The molecule has 3 aliphatic heterocycles. The van der Waals surface area contributed by atoms with Crippen LogP contribution in [0.4, 0.5) is 0 Å². The van der Waals surface area contributed by atoms with Gasteiger partial charge in [-0.1, -0.05) is 0 Å². The summed E-state index contributed by atoms with van der Waals surface area (Å²) in [5, 5.41) is 125. The summed E-state index contributed by atoms with van der Waals surface area (Å²) >= 11 is 0. The standard InChI is InChI=1S/C35H44O22/c1-10-20(38)25(43)28(46)33(52-10)51-9-18-23(41)27(45)30(48)35(56-18)57-32-24(42)19-13(37)6-12(53-34-29(47)26(44)22(40)17(8-36)55-34)7-14(19)54-31(32)11-4-15(49-2)21(39)16(5-11)50-3/h4-7,10,17-18,20,22-23,25-30,33-41,43-48H,8-9H2,1-3H3/t10-,17+,18-,20-,22-,23-,25-,26-,27+,28-,29+,30-,33+,34+,35-/m0/s1. The van der Waals surface area contributed by atoms with Crippen LogP contribution >= 0.6 is 0 Å². The second-order valence-electron chi connectivity index (χ2n) is 13.6. The summed E-state index contributed by atoms with van der Waals surface area (Å²) in [6.45, 7) is -0.0145. The summed E-state index contributed by atoms with van der Waals surface area (Å²) in [6.07, 6.45) is -25.2. The highest BCUT2D eigenvalue weighted by Gasteiger charge is 2.48. The number of rotatable bonds is 11. The van der Waals surface area contributed by atoms with E-state index in [-0.39, 0.29) is 22.8 Å². The number of hydrogen-bond acceptors (Lipinski definition) is 22. The monoisotopic (exact) mass is 816 g/mol. The maximum absolute atomic E-state index is 14.3. The summed E-state index contributed by atoms with van der Waals surface area (Å²) in [5.41, 5.74) is -1.58. The molecule has 3 fully saturated rings. The third-order valence-corrected chi connectivity index (χ3v) is 9.88. The zero-order chi connectivity index (χ0) is 41.6. The van der Waals surface area contributed by atoms with Crippen molar-refractivity contribution in [2.75, 3.05) is 27.4 Å². The molecular formula is C35H44O22. The van der Waals surface area contributed by atoms with Gasteiger partial charge in [0.05, 0.1) is 33.5 Å². The van der Waals surface area contributed by atoms with Crippen LogP contribution in [0.3, 0.4) is 0 Å². The van der Waals surface area contributed by atoms with Gasteiger partial charge in [-0.15, -0.1) is 0 Å². The molecule has 3 saturated heterocycles. The molecule has 2 aromatic carbocycles. The van der Waals surface area contributed by atoms with Gasteiger partial charge in [-0.05, 0) is 19.1 Å². The molecule has 3 aromatic rings. The van der Waals surface area contributed by atoms with Crippen molar-refractivity contribution in [1.29, 1.82) is 0 Å². The number of aliphatic hydroxyl groups is 10. The first-order valence-corrected chi connectivity index (χ1v) is 17.4. The molecule has 0 spiro atoms. The normalized spacial score (nSPS) is 35.8. The molecular weight excluding hydrogens is 772 g/mol. The average molecular weight is 817 g/mol. The second-order valence-corrected chi connectivity index (χ2v) is 13.6. The molecule has 0 bridgehead atoms. The number of phenolic OH excluding ortho intramolecular Hbond substituents is 2. The number of benzene rings is 2. The number of phenols is 2. The molecule has 0 unspecified atom stereocenters. The van der Waals surface area contributed by atoms with E-state index in [1.165, 1.54) is 33.3 Å². The largest absolute Gasteiger partial charge is 0.507 e. The van der Waals surface area contributed by atoms with Gasteiger partial charge in [0.25, 0.3) is 0 Å². The van der Waals surface area contributed by atoms with Gasteiger partial charge < -0.3 is 104 Å². The zero-order valence-corrected chi connectivity index (χ0v) is 30.3. The van der Waals surface area contributed by atoms with E-state index in [9.17, 15) is 66.1 Å². The molecule has 0 saturated carbocycles. The third kappa shape index (κ3) is 8.02. The SMILES string of the molecule is COc1cc(-c2oc3cc(O[C@@H]4O[C@H](CO)[C@H](O)[C@H](O)[C@H]4O)cc(O)c3c(=O)c2O[C@@H]2O[C@@H](CO[C@@H]3O[C@@H](C)[C@H](O)[C@H](O)[C@@H]3O)[C@H](O)[C@@H](O)[C@@H]2O)cc(OC)c1O. The first-order chi connectivity index (χ1) is 27.0. The molecule has 6 rings (SSSR count). The fourth-order valence-electron chi connectivity index (χ4n) is 6.55. The lowest BCUT2D eigenvalue weighted by Crippen LogP contribution is -2.61. The van der Waals surface area contributed by atoms with Gasteiger partial charge in [0, 0.05) is 17.7 Å². The van der Waals surface area contributed by atoms with Crippen molar-refractivity contribution in [3.8, 4) is 45.8 Å². The van der Waals surface area contributed by atoms with E-state index < -0.39 is 145 Å². The second kappa shape index (κ2) is 17.0. The Labute approximate surface area is 321 Å². The highest BCUT2D eigenvalue weighted by Crippen LogP contribution is 2.44. The van der Waals surface area contributed by atoms with Gasteiger partial charge in [-0.3, -0.25) is 4.79 Å². The van der Waals surface area contributed by atoms with E-state index in [0.717, 1.165) is 12.1 Å². The minimum absolute atomic E-state index is 0.0701. The van der Waals surface area contributed by atoms with Crippen LogP contribution in [0.25, 0.3) is 22.3 Å².